The summed E-state index contributed by atoms with van der Waals surface area (Å²) in [5.41, 5.74) is 1.09. The molecule has 3 rings (SSSR count). The number of hydrogen-bond acceptors (Lipinski definition) is 7. The van der Waals surface area contributed by atoms with Gasteiger partial charge in [0, 0.05) is 29.8 Å². The molecule has 30 heavy (non-hydrogen) atoms. The smallest absolute Gasteiger partial charge is 0.336 e. The predicted octanol–water partition coefficient (Wildman–Crippen LogP) is 4.50. The molecule has 0 spiro atoms. The van der Waals surface area contributed by atoms with E-state index in [0.717, 1.165) is 47.7 Å². The third-order valence-electron chi connectivity index (χ3n) is 5.18. The quantitative estimate of drug-likeness (QED) is 0.346. The number of benzene rings is 1. The average Bonchev–Trinajstić information content (AvgIpc) is 3.12. The molecule has 0 N–H and O–H groups in total. The maximum atomic E-state index is 12.1. The van der Waals surface area contributed by atoms with Gasteiger partial charge in [0.1, 0.15) is 11.3 Å². The Morgan fingerprint density at radius 3 is 2.70 bits per heavy atom. The number of aromatic nitrogens is 3. The van der Waals surface area contributed by atoms with Crippen molar-refractivity contribution in [2.75, 3.05) is 21.2 Å². The number of ether oxygens (including phenoxy) is 1. The molecule has 7 nitrogen and oxygen atoms in total. The molecule has 1 aromatic carbocycles. The van der Waals surface area contributed by atoms with Crippen molar-refractivity contribution in [1.82, 2.24) is 19.7 Å². The van der Waals surface area contributed by atoms with Crippen LogP contribution in [0.25, 0.3) is 11.0 Å². The Morgan fingerprint density at radius 2 is 2.03 bits per heavy atom. The third-order valence-corrected chi connectivity index (χ3v) is 6.20. The summed E-state index contributed by atoms with van der Waals surface area (Å²) in [6.45, 7) is 5.24. The molecule has 0 aliphatic rings. The second-order valence-electron chi connectivity index (χ2n) is 7.48. The second kappa shape index (κ2) is 10.1. The van der Waals surface area contributed by atoms with Gasteiger partial charge in [0.25, 0.3) is 0 Å². The van der Waals surface area contributed by atoms with Crippen molar-refractivity contribution in [3.63, 3.8) is 0 Å². The van der Waals surface area contributed by atoms with Gasteiger partial charge in [-0.3, -0.25) is 4.90 Å². The van der Waals surface area contributed by atoms with Gasteiger partial charge >= 0.3 is 5.63 Å². The molecule has 0 aliphatic heterocycles. The molecule has 1 atom stereocenters. The van der Waals surface area contributed by atoms with E-state index in [4.69, 9.17) is 9.15 Å². The number of rotatable bonds is 10. The molecule has 2 aromatic heterocycles. The predicted molar refractivity (Wildman–Crippen MR) is 120 cm³/mol. The molecule has 0 amide bonds. The molecular formula is C22H30N4O3S. The Hall–Kier alpha value is -2.32. The fourth-order valence-corrected chi connectivity index (χ4v) is 4.52. The normalized spacial score (nSPS) is 12.6. The van der Waals surface area contributed by atoms with E-state index in [9.17, 15) is 4.79 Å². The number of fused-ring (bicyclic) bond motifs is 1. The van der Waals surface area contributed by atoms with Crippen LogP contribution in [0.4, 0.5) is 0 Å². The standard InChI is InChI=1S/C22H30N4O3S/c1-6-8-11-26-21(18(7-2)25(3)4)23-24-22(26)30-14-15-12-20(27)29-19-13-16(28-5)9-10-17(15)19/h9-10,12-13,18H,6-8,11,14H2,1-5H3. The highest BCUT2D eigenvalue weighted by Crippen LogP contribution is 2.30. The van der Waals surface area contributed by atoms with Crippen molar-refractivity contribution < 1.29 is 9.15 Å². The van der Waals surface area contributed by atoms with Gasteiger partial charge in [-0.05, 0) is 44.6 Å². The number of methoxy groups -OCH3 is 1. The van der Waals surface area contributed by atoms with E-state index in [2.05, 4.69) is 47.6 Å². The first-order valence-corrected chi connectivity index (χ1v) is 11.3. The van der Waals surface area contributed by atoms with Gasteiger partial charge in [0.2, 0.25) is 0 Å². The summed E-state index contributed by atoms with van der Waals surface area (Å²) in [5.74, 6) is 2.27. The maximum absolute atomic E-state index is 12.1. The summed E-state index contributed by atoms with van der Waals surface area (Å²) >= 11 is 1.60. The lowest BCUT2D eigenvalue weighted by Gasteiger charge is -2.23. The monoisotopic (exact) mass is 430 g/mol. The summed E-state index contributed by atoms with van der Waals surface area (Å²) in [5, 5.41) is 10.8. The summed E-state index contributed by atoms with van der Waals surface area (Å²) in [6, 6.07) is 7.33. The van der Waals surface area contributed by atoms with E-state index >= 15 is 0 Å². The first-order chi connectivity index (χ1) is 14.5. The molecule has 0 bridgehead atoms. The third kappa shape index (κ3) is 4.87. The van der Waals surface area contributed by atoms with Crippen molar-refractivity contribution in [3.05, 3.63) is 46.1 Å². The van der Waals surface area contributed by atoms with Crippen LogP contribution in [0.2, 0.25) is 0 Å². The van der Waals surface area contributed by atoms with Crippen molar-refractivity contribution in [1.29, 1.82) is 0 Å². The molecule has 1 unspecified atom stereocenters. The van der Waals surface area contributed by atoms with Crippen molar-refractivity contribution in [2.45, 2.75) is 56.6 Å². The highest BCUT2D eigenvalue weighted by Gasteiger charge is 2.22. The first kappa shape index (κ1) is 22.4. The zero-order valence-corrected chi connectivity index (χ0v) is 19.2. The van der Waals surface area contributed by atoms with Crippen molar-refractivity contribution in [3.8, 4) is 5.75 Å². The van der Waals surface area contributed by atoms with Gasteiger partial charge < -0.3 is 13.7 Å². The topological polar surface area (TPSA) is 73.4 Å². The van der Waals surface area contributed by atoms with Crippen LogP contribution in [0.3, 0.4) is 0 Å². The van der Waals surface area contributed by atoms with Crippen LogP contribution in [0.15, 0.2) is 38.6 Å². The van der Waals surface area contributed by atoms with Crippen LogP contribution in [-0.4, -0.2) is 40.9 Å². The minimum Gasteiger partial charge on any atom is -0.497 e. The van der Waals surface area contributed by atoms with E-state index < -0.39 is 0 Å². The Labute approximate surface area is 181 Å². The molecular weight excluding hydrogens is 400 g/mol. The van der Waals surface area contributed by atoms with E-state index in [1.807, 2.05) is 12.1 Å². The molecule has 2 heterocycles. The number of nitrogens with zero attached hydrogens (tertiary/aromatic N) is 4. The van der Waals surface area contributed by atoms with E-state index in [-0.39, 0.29) is 11.7 Å². The Kier molecular flexibility index (Phi) is 7.55. The fraction of sp³-hybridized carbons (Fsp3) is 0.500. The van der Waals surface area contributed by atoms with Crippen LogP contribution in [0, 0.1) is 0 Å². The lowest BCUT2D eigenvalue weighted by Crippen LogP contribution is -2.23. The second-order valence-corrected chi connectivity index (χ2v) is 8.42. The van der Waals surface area contributed by atoms with E-state index in [0.29, 0.717) is 17.1 Å². The lowest BCUT2D eigenvalue weighted by molar-refractivity contribution is 0.270. The van der Waals surface area contributed by atoms with Crippen LogP contribution in [-0.2, 0) is 12.3 Å². The molecule has 0 aliphatic carbocycles. The van der Waals surface area contributed by atoms with Gasteiger partial charge in [-0.1, -0.05) is 32.0 Å². The Morgan fingerprint density at radius 1 is 1.23 bits per heavy atom. The highest BCUT2D eigenvalue weighted by atomic mass is 32.2. The summed E-state index contributed by atoms with van der Waals surface area (Å²) in [7, 11) is 5.74. The molecule has 0 radical (unpaired) electrons. The van der Waals surface area contributed by atoms with Crippen LogP contribution < -0.4 is 10.4 Å². The highest BCUT2D eigenvalue weighted by molar-refractivity contribution is 7.98. The van der Waals surface area contributed by atoms with E-state index in [1.54, 1.807) is 31.0 Å². The van der Waals surface area contributed by atoms with Crippen LogP contribution in [0.5, 0.6) is 5.75 Å². The fourth-order valence-electron chi connectivity index (χ4n) is 3.56. The van der Waals surface area contributed by atoms with Gasteiger partial charge in [0.15, 0.2) is 11.0 Å². The number of thioether (sulfide) groups is 1. The summed E-state index contributed by atoms with van der Waals surface area (Å²) in [4.78, 5) is 14.3. The minimum absolute atomic E-state index is 0.223. The van der Waals surface area contributed by atoms with Gasteiger partial charge in [-0.25, -0.2) is 4.79 Å². The van der Waals surface area contributed by atoms with Gasteiger partial charge in [0.05, 0.1) is 13.2 Å². The maximum Gasteiger partial charge on any atom is 0.336 e. The summed E-state index contributed by atoms with van der Waals surface area (Å²) in [6.07, 6.45) is 3.14. The number of hydrogen-bond donors (Lipinski definition) is 0. The van der Waals surface area contributed by atoms with Crippen LogP contribution in [0.1, 0.15) is 50.5 Å². The van der Waals surface area contributed by atoms with E-state index in [1.165, 1.54) is 0 Å². The zero-order chi connectivity index (χ0) is 21.7. The molecule has 8 heteroatoms. The van der Waals surface area contributed by atoms with Gasteiger partial charge in [-0.15, -0.1) is 10.2 Å². The molecule has 3 aromatic rings. The molecule has 0 saturated carbocycles. The summed E-state index contributed by atoms with van der Waals surface area (Å²) < 4.78 is 12.8. The Bertz CT molecular complexity index is 1040. The number of unbranched alkanes of at least 4 members (excludes halogenated alkanes) is 1. The zero-order valence-electron chi connectivity index (χ0n) is 18.3. The van der Waals surface area contributed by atoms with Gasteiger partial charge in [-0.2, -0.15) is 0 Å². The minimum atomic E-state index is -0.363. The van der Waals surface area contributed by atoms with Crippen molar-refractivity contribution in [2.24, 2.45) is 0 Å². The average molecular weight is 431 g/mol. The van der Waals surface area contributed by atoms with Crippen molar-refractivity contribution >= 4 is 22.7 Å². The molecule has 162 valence electrons. The largest absolute Gasteiger partial charge is 0.497 e. The van der Waals surface area contributed by atoms with Crippen LogP contribution >= 0.6 is 11.8 Å². The molecule has 0 fully saturated rings. The SMILES string of the molecule is CCCCn1c(SCc2cc(=O)oc3cc(OC)ccc23)nnc1C(CC)N(C)C. The molecule has 0 saturated heterocycles. The lowest BCUT2D eigenvalue weighted by atomic mass is 10.1. The Balaban J connectivity index is 1.92. The first-order valence-electron chi connectivity index (χ1n) is 10.3.